The molecule has 0 bridgehead atoms. The fourth-order valence-electron chi connectivity index (χ4n) is 1.95. The molecular weight excluding hydrogens is 246 g/mol. The average Bonchev–Trinajstić information content (AvgIpc) is 2.33. The van der Waals surface area contributed by atoms with E-state index in [0.29, 0.717) is 13.2 Å². The first-order valence-corrected chi connectivity index (χ1v) is 7.20. The van der Waals surface area contributed by atoms with Crippen molar-refractivity contribution in [3.63, 3.8) is 0 Å². The third-order valence-electron chi connectivity index (χ3n) is 3.37. The second-order valence-electron chi connectivity index (χ2n) is 7.45. The van der Waals surface area contributed by atoms with Crippen LogP contribution in [0.4, 0.5) is 0 Å². The van der Waals surface area contributed by atoms with Crippen LogP contribution in [0.1, 0.15) is 52.7 Å². The molecule has 0 aliphatic carbocycles. The van der Waals surface area contributed by atoms with E-state index in [-0.39, 0.29) is 10.8 Å². The van der Waals surface area contributed by atoms with Crippen LogP contribution in [0.3, 0.4) is 0 Å². The van der Waals surface area contributed by atoms with Crippen LogP contribution in [0.15, 0.2) is 30.4 Å². The van der Waals surface area contributed by atoms with Crippen LogP contribution in [0, 0.1) is 0 Å². The lowest BCUT2D eigenvalue weighted by molar-refractivity contribution is 0.339. The average molecular weight is 275 g/mol. The van der Waals surface area contributed by atoms with Crippen LogP contribution in [0.2, 0.25) is 0 Å². The molecule has 0 amide bonds. The standard InChI is InChI=1S/C18H29NO/c1-13(11-19)12-20-16-9-8-14(17(2,3)4)10-15(16)18(5,6)7/h8-10H,1,11-12,19H2,2-7H3. The second-order valence-corrected chi connectivity index (χ2v) is 7.45. The summed E-state index contributed by atoms with van der Waals surface area (Å²) in [4.78, 5) is 0. The summed E-state index contributed by atoms with van der Waals surface area (Å²) in [6, 6.07) is 6.49. The van der Waals surface area contributed by atoms with Gasteiger partial charge in [0.1, 0.15) is 12.4 Å². The van der Waals surface area contributed by atoms with Crippen molar-refractivity contribution in [3.8, 4) is 5.75 Å². The molecule has 0 unspecified atom stereocenters. The van der Waals surface area contributed by atoms with Gasteiger partial charge < -0.3 is 10.5 Å². The highest BCUT2D eigenvalue weighted by molar-refractivity contribution is 5.43. The van der Waals surface area contributed by atoms with E-state index >= 15 is 0 Å². The maximum atomic E-state index is 5.90. The number of benzene rings is 1. The van der Waals surface area contributed by atoms with E-state index in [2.05, 4.69) is 66.3 Å². The third-order valence-corrected chi connectivity index (χ3v) is 3.37. The molecule has 0 aliphatic rings. The summed E-state index contributed by atoms with van der Waals surface area (Å²) in [7, 11) is 0. The molecule has 0 saturated heterocycles. The van der Waals surface area contributed by atoms with Crippen LogP contribution in [0.5, 0.6) is 5.75 Å². The monoisotopic (exact) mass is 275 g/mol. The second kappa shape index (κ2) is 6.01. The van der Waals surface area contributed by atoms with Crippen LogP contribution in [-0.2, 0) is 10.8 Å². The largest absolute Gasteiger partial charge is 0.489 e. The molecule has 20 heavy (non-hydrogen) atoms. The lowest BCUT2D eigenvalue weighted by atomic mass is 9.80. The van der Waals surface area contributed by atoms with Gasteiger partial charge in [0.2, 0.25) is 0 Å². The lowest BCUT2D eigenvalue weighted by Crippen LogP contribution is -2.18. The molecule has 0 spiro atoms. The van der Waals surface area contributed by atoms with Crippen molar-refractivity contribution in [1.82, 2.24) is 0 Å². The number of hydrogen-bond donors (Lipinski definition) is 1. The van der Waals surface area contributed by atoms with Gasteiger partial charge in [0.15, 0.2) is 0 Å². The van der Waals surface area contributed by atoms with Gasteiger partial charge in [0.05, 0.1) is 0 Å². The van der Waals surface area contributed by atoms with E-state index in [4.69, 9.17) is 10.5 Å². The molecule has 2 N–H and O–H groups in total. The summed E-state index contributed by atoms with van der Waals surface area (Å²) in [5.74, 6) is 0.931. The van der Waals surface area contributed by atoms with Crippen LogP contribution in [-0.4, -0.2) is 13.2 Å². The Kier molecular flexibility index (Phi) is 5.04. The highest BCUT2D eigenvalue weighted by Gasteiger charge is 2.23. The molecule has 0 atom stereocenters. The molecule has 0 radical (unpaired) electrons. The van der Waals surface area contributed by atoms with Gasteiger partial charge >= 0.3 is 0 Å². The Labute approximate surface area is 124 Å². The Morgan fingerprint density at radius 1 is 1.10 bits per heavy atom. The van der Waals surface area contributed by atoms with E-state index in [0.717, 1.165) is 11.3 Å². The van der Waals surface area contributed by atoms with Gasteiger partial charge in [-0.3, -0.25) is 0 Å². The molecule has 112 valence electrons. The molecule has 1 rings (SSSR count). The SMILES string of the molecule is C=C(CN)COc1ccc(C(C)(C)C)cc1C(C)(C)C. The van der Waals surface area contributed by atoms with Gasteiger partial charge in [-0.25, -0.2) is 0 Å². The third kappa shape index (κ3) is 4.38. The van der Waals surface area contributed by atoms with Gasteiger partial charge in [-0.2, -0.15) is 0 Å². The zero-order valence-corrected chi connectivity index (χ0v) is 13.8. The molecule has 0 fully saturated rings. The number of ether oxygens (including phenoxy) is 1. The summed E-state index contributed by atoms with van der Waals surface area (Å²) in [6.45, 7) is 18.1. The first kappa shape index (κ1) is 16.8. The van der Waals surface area contributed by atoms with E-state index in [9.17, 15) is 0 Å². The topological polar surface area (TPSA) is 35.2 Å². The summed E-state index contributed by atoms with van der Waals surface area (Å²) in [6.07, 6.45) is 0. The first-order chi connectivity index (χ1) is 9.05. The minimum absolute atomic E-state index is 0.0423. The first-order valence-electron chi connectivity index (χ1n) is 7.20. The van der Waals surface area contributed by atoms with Crippen molar-refractivity contribution in [2.24, 2.45) is 5.73 Å². The van der Waals surface area contributed by atoms with E-state index in [1.807, 2.05) is 0 Å². The predicted molar refractivity (Wildman–Crippen MR) is 87.5 cm³/mol. The molecule has 0 heterocycles. The van der Waals surface area contributed by atoms with Gasteiger partial charge in [-0.05, 0) is 33.6 Å². The summed E-state index contributed by atoms with van der Waals surface area (Å²) < 4.78 is 5.90. The van der Waals surface area contributed by atoms with Crippen LogP contribution < -0.4 is 10.5 Å². The van der Waals surface area contributed by atoms with Gasteiger partial charge in [-0.15, -0.1) is 0 Å². The van der Waals surface area contributed by atoms with Crippen LogP contribution >= 0.6 is 0 Å². The van der Waals surface area contributed by atoms with E-state index in [1.165, 1.54) is 11.1 Å². The van der Waals surface area contributed by atoms with Crippen molar-refractivity contribution < 1.29 is 4.74 Å². The van der Waals surface area contributed by atoms with Gasteiger partial charge in [0.25, 0.3) is 0 Å². The minimum atomic E-state index is 0.0423. The van der Waals surface area contributed by atoms with Crippen molar-refractivity contribution in [3.05, 3.63) is 41.5 Å². The summed E-state index contributed by atoms with van der Waals surface area (Å²) in [5.41, 5.74) is 9.21. The minimum Gasteiger partial charge on any atom is -0.489 e. The van der Waals surface area contributed by atoms with Crippen molar-refractivity contribution in [1.29, 1.82) is 0 Å². The number of hydrogen-bond acceptors (Lipinski definition) is 2. The van der Waals surface area contributed by atoms with E-state index in [1.54, 1.807) is 0 Å². The normalized spacial score (nSPS) is 12.3. The maximum Gasteiger partial charge on any atom is 0.123 e. The number of rotatable bonds is 4. The Morgan fingerprint density at radius 2 is 1.70 bits per heavy atom. The maximum absolute atomic E-state index is 5.90. The fraction of sp³-hybridized carbons (Fsp3) is 0.556. The Morgan fingerprint density at radius 3 is 2.15 bits per heavy atom. The van der Waals surface area contributed by atoms with Crippen molar-refractivity contribution >= 4 is 0 Å². The molecule has 1 aromatic carbocycles. The fourth-order valence-corrected chi connectivity index (χ4v) is 1.95. The molecule has 0 saturated carbocycles. The highest BCUT2D eigenvalue weighted by atomic mass is 16.5. The molecular formula is C18H29NO. The molecule has 2 heteroatoms. The zero-order valence-electron chi connectivity index (χ0n) is 13.8. The molecule has 2 nitrogen and oxygen atoms in total. The zero-order chi connectivity index (χ0) is 15.6. The lowest BCUT2D eigenvalue weighted by Gasteiger charge is -2.27. The Balaban J connectivity index is 3.15. The molecule has 0 aliphatic heterocycles. The van der Waals surface area contributed by atoms with E-state index < -0.39 is 0 Å². The van der Waals surface area contributed by atoms with Crippen LogP contribution in [0.25, 0.3) is 0 Å². The van der Waals surface area contributed by atoms with Gasteiger partial charge in [-0.1, -0.05) is 60.3 Å². The predicted octanol–water partition coefficient (Wildman–Crippen LogP) is 4.18. The molecule has 1 aromatic rings. The summed E-state index contributed by atoms with van der Waals surface area (Å²) >= 11 is 0. The van der Waals surface area contributed by atoms with Gasteiger partial charge in [0, 0.05) is 6.54 Å². The highest BCUT2D eigenvalue weighted by Crippen LogP contribution is 2.35. The Hall–Kier alpha value is -1.28. The smallest absolute Gasteiger partial charge is 0.123 e. The van der Waals surface area contributed by atoms with Crippen molar-refractivity contribution in [2.45, 2.75) is 52.4 Å². The summed E-state index contributed by atoms with van der Waals surface area (Å²) in [5, 5.41) is 0. The molecule has 0 aromatic heterocycles. The quantitative estimate of drug-likeness (QED) is 0.837. The van der Waals surface area contributed by atoms with Crippen molar-refractivity contribution in [2.75, 3.05) is 13.2 Å². The Bertz CT molecular complexity index is 475. The number of nitrogens with two attached hydrogens (primary N) is 1.